The monoisotopic (exact) mass is 231 g/mol. The molecular weight excluding hydrogens is 214 g/mol. The Kier molecular flexibility index (Phi) is 3.44. The first-order valence-corrected chi connectivity index (χ1v) is 5.82. The average molecular weight is 231 g/mol. The van der Waals surface area contributed by atoms with Crippen LogP contribution in [0.4, 0.5) is 0 Å². The summed E-state index contributed by atoms with van der Waals surface area (Å²) in [7, 11) is 0. The number of rotatable bonds is 4. The smallest absolute Gasteiger partial charge is 0.253 e. The molecule has 1 atom stereocenters. The number of aromatic nitrogens is 1. The Morgan fingerprint density at radius 1 is 1.47 bits per heavy atom. The summed E-state index contributed by atoms with van der Waals surface area (Å²) in [5.74, 6) is -0.0815. The van der Waals surface area contributed by atoms with E-state index in [1.807, 2.05) is 37.4 Å². The zero-order chi connectivity index (χ0) is 12.3. The summed E-state index contributed by atoms with van der Waals surface area (Å²) >= 11 is 0. The molecule has 1 unspecified atom stereocenters. The lowest BCUT2D eigenvalue weighted by atomic mass is 10.1. The molecule has 1 aromatic heterocycles. The van der Waals surface area contributed by atoms with Crippen LogP contribution in [0.25, 0.3) is 10.9 Å². The molecule has 1 amide bonds. The molecule has 1 heterocycles. The molecule has 0 fully saturated rings. The van der Waals surface area contributed by atoms with Crippen molar-refractivity contribution in [2.24, 2.45) is 5.73 Å². The van der Waals surface area contributed by atoms with Gasteiger partial charge in [-0.3, -0.25) is 4.79 Å². The number of carbonyl (C=O) groups excluding carboxylic acids is 1. The zero-order valence-corrected chi connectivity index (χ0v) is 9.86. The van der Waals surface area contributed by atoms with Crippen LogP contribution >= 0.6 is 0 Å². The van der Waals surface area contributed by atoms with Crippen molar-refractivity contribution in [1.29, 1.82) is 0 Å². The van der Waals surface area contributed by atoms with Crippen molar-refractivity contribution in [1.82, 2.24) is 10.3 Å². The fraction of sp³-hybridized carbons (Fsp3) is 0.308. The second-order valence-corrected chi connectivity index (χ2v) is 4.13. The van der Waals surface area contributed by atoms with Gasteiger partial charge in [0, 0.05) is 24.2 Å². The number of para-hydroxylation sites is 1. The maximum Gasteiger partial charge on any atom is 0.253 e. The number of amides is 1. The van der Waals surface area contributed by atoms with Gasteiger partial charge in [0.1, 0.15) is 0 Å². The third kappa shape index (κ3) is 2.47. The number of hydrogen-bond donors (Lipinski definition) is 3. The van der Waals surface area contributed by atoms with Gasteiger partial charge >= 0.3 is 0 Å². The van der Waals surface area contributed by atoms with Crippen LogP contribution in [0.1, 0.15) is 23.7 Å². The Hall–Kier alpha value is -1.81. The van der Waals surface area contributed by atoms with E-state index in [4.69, 9.17) is 5.73 Å². The van der Waals surface area contributed by atoms with Crippen LogP contribution in [-0.2, 0) is 0 Å². The van der Waals surface area contributed by atoms with E-state index < -0.39 is 0 Å². The summed E-state index contributed by atoms with van der Waals surface area (Å²) in [6.07, 6.45) is 2.69. The molecule has 0 bridgehead atoms. The van der Waals surface area contributed by atoms with E-state index in [0.29, 0.717) is 12.1 Å². The molecule has 0 saturated heterocycles. The number of fused-ring (bicyclic) bond motifs is 1. The molecule has 2 aromatic rings. The van der Waals surface area contributed by atoms with Crippen LogP contribution in [0.2, 0.25) is 0 Å². The maximum absolute atomic E-state index is 12.0. The van der Waals surface area contributed by atoms with E-state index in [1.54, 1.807) is 0 Å². The fourth-order valence-corrected chi connectivity index (χ4v) is 1.74. The number of nitrogens with one attached hydrogen (secondary N) is 2. The molecule has 90 valence electrons. The lowest BCUT2D eigenvalue weighted by Crippen LogP contribution is -2.36. The predicted octanol–water partition coefficient (Wildman–Crippen LogP) is 1.63. The van der Waals surface area contributed by atoms with E-state index in [1.165, 1.54) is 0 Å². The third-order valence-corrected chi connectivity index (χ3v) is 2.88. The molecule has 0 spiro atoms. The first-order valence-electron chi connectivity index (χ1n) is 5.82. The summed E-state index contributed by atoms with van der Waals surface area (Å²) in [6.45, 7) is 2.51. The van der Waals surface area contributed by atoms with Crippen LogP contribution in [-0.4, -0.2) is 23.5 Å². The normalized spacial score (nSPS) is 12.6. The van der Waals surface area contributed by atoms with Crippen molar-refractivity contribution in [3.63, 3.8) is 0 Å². The number of nitrogens with two attached hydrogens (primary N) is 1. The van der Waals surface area contributed by atoms with E-state index >= 15 is 0 Å². The van der Waals surface area contributed by atoms with Crippen LogP contribution in [0.15, 0.2) is 30.5 Å². The Balaban J connectivity index is 2.16. The van der Waals surface area contributed by atoms with Crippen molar-refractivity contribution in [2.75, 3.05) is 6.54 Å². The minimum Gasteiger partial charge on any atom is -0.361 e. The van der Waals surface area contributed by atoms with Crippen molar-refractivity contribution < 1.29 is 4.79 Å². The van der Waals surface area contributed by atoms with Gasteiger partial charge in [-0.05, 0) is 18.6 Å². The van der Waals surface area contributed by atoms with Gasteiger partial charge < -0.3 is 16.0 Å². The van der Waals surface area contributed by atoms with E-state index in [2.05, 4.69) is 10.3 Å². The van der Waals surface area contributed by atoms with Crippen molar-refractivity contribution >= 4 is 16.8 Å². The topological polar surface area (TPSA) is 70.9 Å². The largest absolute Gasteiger partial charge is 0.361 e. The lowest BCUT2D eigenvalue weighted by molar-refractivity contribution is 0.0952. The number of aromatic amines is 1. The van der Waals surface area contributed by atoms with E-state index in [9.17, 15) is 4.79 Å². The van der Waals surface area contributed by atoms with Crippen molar-refractivity contribution in [3.8, 4) is 0 Å². The molecule has 2 rings (SSSR count). The highest BCUT2D eigenvalue weighted by molar-refractivity contribution is 6.05. The van der Waals surface area contributed by atoms with Crippen LogP contribution in [0.5, 0.6) is 0 Å². The zero-order valence-electron chi connectivity index (χ0n) is 9.86. The van der Waals surface area contributed by atoms with Gasteiger partial charge in [0.2, 0.25) is 0 Å². The number of carbonyl (C=O) groups is 1. The third-order valence-electron chi connectivity index (χ3n) is 2.88. The molecule has 0 aliphatic carbocycles. The minimum absolute atomic E-state index is 0.0156. The summed E-state index contributed by atoms with van der Waals surface area (Å²) < 4.78 is 0. The molecule has 0 aliphatic heterocycles. The molecule has 17 heavy (non-hydrogen) atoms. The summed E-state index contributed by atoms with van der Waals surface area (Å²) in [6, 6.07) is 7.63. The number of H-pyrrole nitrogens is 1. The van der Waals surface area contributed by atoms with Crippen LogP contribution < -0.4 is 11.1 Å². The summed E-state index contributed by atoms with van der Waals surface area (Å²) in [5.41, 5.74) is 7.30. The Morgan fingerprint density at radius 2 is 2.29 bits per heavy atom. The molecule has 0 aliphatic rings. The number of hydrogen-bond acceptors (Lipinski definition) is 2. The van der Waals surface area contributed by atoms with Gasteiger partial charge in [0.05, 0.1) is 11.1 Å². The Labute approximate surface area is 100 Å². The first kappa shape index (κ1) is 11.7. The highest BCUT2D eigenvalue weighted by Crippen LogP contribution is 2.16. The molecule has 4 nitrogen and oxygen atoms in total. The minimum atomic E-state index is -0.0815. The fourth-order valence-electron chi connectivity index (χ4n) is 1.74. The van der Waals surface area contributed by atoms with Crippen molar-refractivity contribution in [2.45, 2.75) is 19.4 Å². The van der Waals surface area contributed by atoms with E-state index in [-0.39, 0.29) is 11.9 Å². The second-order valence-electron chi connectivity index (χ2n) is 4.13. The molecule has 4 heteroatoms. The molecule has 0 radical (unpaired) electrons. The average Bonchev–Trinajstić information content (AvgIpc) is 2.83. The van der Waals surface area contributed by atoms with Gasteiger partial charge in [0.15, 0.2) is 0 Å². The van der Waals surface area contributed by atoms with Gasteiger partial charge in [-0.1, -0.05) is 19.1 Å². The predicted molar refractivity (Wildman–Crippen MR) is 68.9 cm³/mol. The molecule has 4 N–H and O–H groups in total. The molecular formula is C13H17N3O. The van der Waals surface area contributed by atoms with Gasteiger partial charge in [-0.2, -0.15) is 0 Å². The highest BCUT2D eigenvalue weighted by atomic mass is 16.1. The standard InChI is InChI=1S/C13H17N3O/c1-2-10(14)8-16-13(17)11-5-3-4-9-6-7-15-12(9)11/h3-7,10,15H,2,8,14H2,1H3,(H,16,17). The molecule has 0 saturated carbocycles. The Morgan fingerprint density at radius 3 is 3.06 bits per heavy atom. The van der Waals surface area contributed by atoms with Crippen molar-refractivity contribution in [3.05, 3.63) is 36.0 Å². The lowest BCUT2D eigenvalue weighted by Gasteiger charge is -2.10. The maximum atomic E-state index is 12.0. The molecule has 1 aromatic carbocycles. The van der Waals surface area contributed by atoms with Gasteiger partial charge in [0.25, 0.3) is 5.91 Å². The van der Waals surface area contributed by atoms with Crippen LogP contribution in [0.3, 0.4) is 0 Å². The van der Waals surface area contributed by atoms with E-state index in [0.717, 1.165) is 17.3 Å². The highest BCUT2D eigenvalue weighted by Gasteiger charge is 2.10. The van der Waals surface area contributed by atoms with Gasteiger partial charge in [-0.25, -0.2) is 0 Å². The summed E-state index contributed by atoms with van der Waals surface area (Å²) in [5, 5.41) is 3.89. The van der Waals surface area contributed by atoms with Crippen LogP contribution in [0, 0.1) is 0 Å². The SMILES string of the molecule is CCC(N)CNC(=O)c1cccc2cc[nH]c12. The Bertz CT molecular complexity index is 518. The quantitative estimate of drug-likeness (QED) is 0.748. The first-order chi connectivity index (χ1) is 8.22. The second kappa shape index (κ2) is 5.01. The van der Waals surface area contributed by atoms with Gasteiger partial charge in [-0.15, -0.1) is 0 Å². The summed E-state index contributed by atoms with van der Waals surface area (Å²) in [4.78, 5) is 15.1. The number of benzene rings is 1.